The molecule has 0 saturated carbocycles. The smallest absolute Gasteiger partial charge is 0.389 e. The third-order valence-electron chi connectivity index (χ3n) is 6.87. The van der Waals surface area contributed by atoms with E-state index in [1.54, 1.807) is 24.5 Å². The Morgan fingerprint density at radius 2 is 1.90 bits per heavy atom. The number of aromatic nitrogens is 2. The molecule has 0 aliphatic carbocycles. The Morgan fingerprint density at radius 1 is 1.12 bits per heavy atom. The van der Waals surface area contributed by atoms with E-state index in [2.05, 4.69) is 25.9 Å². The van der Waals surface area contributed by atoms with Gasteiger partial charge in [-0.2, -0.15) is 13.2 Å². The first kappa shape index (κ1) is 29.3. The second-order valence-electron chi connectivity index (χ2n) is 9.92. The maximum Gasteiger partial charge on any atom is 0.389 e. The average Bonchev–Trinajstić information content (AvgIpc) is 3.36. The first-order chi connectivity index (χ1) is 19.3. The SMILES string of the molecule is C#CCCN1CCN(CCCO/N=C/c2ccn3c(-c4cccc(CC(=O)CCC(F)(F)F)c4)cnc3c2)CC1. The Kier molecular flexibility index (Phi) is 10.3. The van der Waals surface area contributed by atoms with Gasteiger partial charge in [0.15, 0.2) is 0 Å². The molecule has 0 radical (unpaired) electrons. The fourth-order valence-electron chi connectivity index (χ4n) is 4.69. The van der Waals surface area contributed by atoms with Gasteiger partial charge in [-0.25, -0.2) is 4.98 Å². The van der Waals surface area contributed by atoms with Crippen LogP contribution in [-0.4, -0.2) is 83.2 Å². The van der Waals surface area contributed by atoms with E-state index in [-0.39, 0.29) is 6.42 Å². The molecule has 0 spiro atoms. The molecule has 1 aliphatic rings. The van der Waals surface area contributed by atoms with Crippen molar-refractivity contribution in [3.05, 3.63) is 59.9 Å². The second kappa shape index (κ2) is 14.1. The molecule has 3 aromatic rings. The summed E-state index contributed by atoms with van der Waals surface area (Å²) in [5, 5.41) is 4.10. The highest BCUT2D eigenvalue weighted by molar-refractivity contribution is 5.82. The molecule has 0 amide bonds. The van der Waals surface area contributed by atoms with Gasteiger partial charge < -0.3 is 9.74 Å². The minimum atomic E-state index is -4.33. The lowest BCUT2D eigenvalue weighted by Gasteiger charge is -2.34. The Labute approximate surface area is 232 Å². The van der Waals surface area contributed by atoms with Gasteiger partial charge in [0.2, 0.25) is 0 Å². The van der Waals surface area contributed by atoms with Crippen LogP contribution in [0.3, 0.4) is 0 Å². The summed E-state index contributed by atoms with van der Waals surface area (Å²) in [6.45, 7) is 6.68. The number of piperazine rings is 1. The third-order valence-corrected chi connectivity index (χ3v) is 6.87. The number of terminal acetylenes is 1. The topological polar surface area (TPSA) is 62.4 Å². The van der Waals surface area contributed by atoms with Crippen LogP contribution in [0.4, 0.5) is 13.2 Å². The third kappa shape index (κ3) is 8.93. The molecule has 1 aliphatic heterocycles. The standard InChI is InChI=1S/C30H34F3N5O2/c1-2-3-11-36-14-16-37(17-15-36)12-5-18-40-35-22-25-9-13-38-28(23-34-29(38)21-25)26-7-4-6-24(19-26)20-27(39)8-10-30(31,32)33/h1,4,6-7,9,13,19,21-23H,3,5,8,10-12,14-18,20H2/b35-22+. The number of carbonyl (C=O) groups is 1. The van der Waals surface area contributed by atoms with Crippen LogP contribution in [0.1, 0.15) is 36.8 Å². The molecule has 0 atom stereocenters. The van der Waals surface area contributed by atoms with Crippen molar-refractivity contribution < 1.29 is 22.8 Å². The summed E-state index contributed by atoms with van der Waals surface area (Å²) in [5.41, 5.74) is 3.87. The molecule has 0 bridgehead atoms. The van der Waals surface area contributed by atoms with Crippen LogP contribution in [0.25, 0.3) is 16.9 Å². The predicted molar refractivity (Wildman–Crippen MR) is 149 cm³/mol. The Hall–Kier alpha value is -3.68. The molecule has 3 heterocycles. The fraction of sp³-hybridized carbons (Fsp3) is 0.433. The van der Waals surface area contributed by atoms with E-state index < -0.39 is 24.8 Å². The molecule has 4 rings (SSSR count). The Morgan fingerprint density at radius 3 is 2.65 bits per heavy atom. The molecule has 0 unspecified atom stereocenters. The molecule has 1 saturated heterocycles. The van der Waals surface area contributed by atoms with Gasteiger partial charge in [-0.15, -0.1) is 12.3 Å². The molecule has 2 aromatic heterocycles. The van der Waals surface area contributed by atoms with Gasteiger partial charge in [0.05, 0.1) is 24.5 Å². The number of hydrogen-bond acceptors (Lipinski definition) is 6. The van der Waals surface area contributed by atoms with Crippen molar-refractivity contribution >= 4 is 17.6 Å². The molecular weight excluding hydrogens is 519 g/mol. The number of carbonyl (C=O) groups excluding carboxylic acids is 1. The van der Waals surface area contributed by atoms with Crippen LogP contribution in [0.15, 0.2) is 53.9 Å². The number of benzene rings is 1. The molecule has 40 heavy (non-hydrogen) atoms. The van der Waals surface area contributed by atoms with Gasteiger partial charge in [0.1, 0.15) is 18.0 Å². The van der Waals surface area contributed by atoms with E-state index in [1.807, 2.05) is 34.9 Å². The highest BCUT2D eigenvalue weighted by Crippen LogP contribution is 2.24. The van der Waals surface area contributed by atoms with Crippen molar-refractivity contribution in [1.29, 1.82) is 0 Å². The maximum atomic E-state index is 12.4. The number of halogens is 3. The summed E-state index contributed by atoms with van der Waals surface area (Å²) in [4.78, 5) is 26.8. The largest absolute Gasteiger partial charge is 0.396 e. The minimum absolute atomic E-state index is 0.0366. The van der Waals surface area contributed by atoms with Crippen LogP contribution < -0.4 is 0 Å². The summed E-state index contributed by atoms with van der Waals surface area (Å²) in [5.74, 6) is 2.26. The lowest BCUT2D eigenvalue weighted by Crippen LogP contribution is -2.46. The van der Waals surface area contributed by atoms with Crippen molar-refractivity contribution in [2.24, 2.45) is 5.16 Å². The summed E-state index contributed by atoms with van der Waals surface area (Å²) in [6.07, 6.45) is 6.34. The Balaban J connectivity index is 1.25. The summed E-state index contributed by atoms with van der Waals surface area (Å²) in [7, 11) is 0. The van der Waals surface area contributed by atoms with E-state index in [0.29, 0.717) is 17.8 Å². The van der Waals surface area contributed by atoms with Crippen molar-refractivity contribution in [3.63, 3.8) is 0 Å². The number of rotatable bonds is 13. The first-order valence-corrected chi connectivity index (χ1v) is 13.5. The number of hydrogen-bond donors (Lipinski definition) is 0. The normalized spacial score (nSPS) is 15.1. The number of Topliss-reactive ketones (excluding diaryl/α,β-unsaturated/α-hetero) is 1. The molecular formula is C30H34F3N5O2. The van der Waals surface area contributed by atoms with Gasteiger partial charge in [-0.1, -0.05) is 23.4 Å². The van der Waals surface area contributed by atoms with E-state index in [0.717, 1.165) is 68.9 Å². The van der Waals surface area contributed by atoms with Gasteiger partial charge in [-0.3, -0.25) is 14.1 Å². The fourth-order valence-corrected chi connectivity index (χ4v) is 4.69. The molecule has 212 valence electrons. The summed E-state index contributed by atoms with van der Waals surface area (Å²) < 4.78 is 39.2. The van der Waals surface area contributed by atoms with Crippen molar-refractivity contribution in [3.8, 4) is 23.6 Å². The molecule has 1 aromatic carbocycles. The van der Waals surface area contributed by atoms with Crippen molar-refractivity contribution in [2.75, 3.05) is 45.9 Å². The van der Waals surface area contributed by atoms with Gasteiger partial charge in [0, 0.05) is 75.9 Å². The highest BCUT2D eigenvalue weighted by atomic mass is 19.4. The second-order valence-corrected chi connectivity index (χ2v) is 9.92. The average molecular weight is 554 g/mol. The zero-order valence-electron chi connectivity index (χ0n) is 22.4. The maximum absolute atomic E-state index is 12.4. The van der Waals surface area contributed by atoms with Crippen LogP contribution in [-0.2, 0) is 16.1 Å². The molecule has 0 N–H and O–H groups in total. The zero-order valence-corrected chi connectivity index (χ0v) is 22.4. The van der Waals surface area contributed by atoms with Crippen molar-refractivity contribution in [1.82, 2.24) is 19.2 Å². The monoisotopic (exact) mass is 553 g/mol. The van der Waals surface area contributed by atoms with E-state index >= 15 is 0 Å². The van der Waals surface area contributed by atoms with Crippen LogP contribution in [0.2, 0.25) is 0 Å². The van der Waals surface area contributed by atoms with E-state index in [9.17, 15) is 18.0 Å². The van der Waals surface area contributed by atoms with Gasteiger partial charge >= 0.3 is 6.18 Å². The van der Waals surface area contributed by atoms with E-state index in [1.165, 1.54) is 0 Å². The van der Waals surface area contributed by atoms with Crippen molar-refractivity contribution in [2.45, 2.75) is 38.3 Å². The number of oxime groups is 1. The van der Waals surface area contributed by atoms with Crippen LogP contribution in [0, 0.1) is 12.3 Å². The minimum Gasteiger partial charge on any atom is -0.396 e. The molecule has 7 nitrogen and oxygen atoms in total. The van der Waals surface area contributed by atoms with Crippen LogP contribution >= 0.6 is 0 Å². The lowest BCUT2D eigenvalue weighted by molar-refractivity contribution is -0.143. The van der Waals surface area contributed by atoms with Gasteiger partial charge in [-0.05, 0) is 30.2 Å². The number of fused-ring (bicyclic) bond motifs is 1. The number of ketones is 1. The number of alkyl halides is 3. The van der Waals surface area contributed by atoms with Crippen LogP contribution in [0.5, 0.6) is 0 Å². The molecule has 1 fully saturated rings. The lowest BCUT2D eigenvalue weighted by atomic mass is 10.0. The van der Waals surface area contributed by atoms with Gasteiger partial charge in [0.25, 0.3) is 0 Å². The number of imidazole rings is 1. The number of pyridine rings is 1. The van der Waals surface area contributed by atoms with E-state index in [4.69, 9.17) is 11.3 Å². The zero-order chi connectivity index (χ0) is 28.4. The predicted octanol–water partition coefficient (Wildman–Crippen LogP) is 4.84. The summed E-state index contributed by atoms with van der Waals surface area (Å²) in [6, 6.07) is 11.0. The number of nitrogens with zero attached hydrogens (tertiary/aromatic N) is 5. The quantitative estimate of drug-likeness (QED) is 0.131. The molecule has 10 heteroatoms. The highest BCUT2D eigenvalue weighted by Gasteiger charge is 2.27. The first-order valence-electron chi connectivity index (χ1n) is 13.5. The summed E-state index contributed by atoms with van der Waals surface area (Å²) >= 11 is 0. The Bertz CT molecular complexity index is 1340.